The highest BCUT2D eigenvalue weighted by Gasteiger charge is 2.14. The molecule has 13 heavy (non-hydrogen) atoms. The van der Waals surface area contributed by atoms with Gasteiger partial charge >= 0.3 is 0 Å². The van der Waals surface area contributed by atoms with Gasteiger partial charge in [0.05, 0.1) is 12.9 Å². The molecule has 0 saturated carbocycles. The van der Waals surface area contributed by atoms with Crippen LogP contribution in [0.4, 0.5) is 0 Å². The van der Waals surface area contributed by atoms with E-state index in [0.29, 0.717) is 25.3 Å². The third-order valence-corrected chi connectivity index (χ3v) is 1.82. The zero-order valence-electron chi connectivity index (χ0n) is 7.69. The zero-order chi connectivity index (χ0) is 9.68. The van der Waals surface area contributed by atoms with Gasteiger partial charge in [-0.05, 0) is 19.0 Å². The van der Waals surface area contributed by atoms with Crippen LogP contribution in [0.3, 0.4) is 0 Å². The van der Waals surface area contributed by atoms with Gasteiger partial charge in [-0.2, -0.15) is 0 Å². The molecule has 1 aromatic heterocycles. The first-order valence-corrected chi connectivity index (χ1v) is 4.23. The maximum atomic E-state index is 9.59. The molecule has 4 heteroatoms. The summed E-state index contributed by atoms with van der Waals surface area (Å²) in [6, 6.07) is 1.79. The summed E-state index contributed by atoms with van der Waals surface area (Å²) in [5.41, 5.74) is 6.20. The fourth-order valence-electron chi connectivity index (χ4n) is 1.20. The predicted octanol–water partition coefficient (Wildman–Crippen LogP) is 0.808. The number of nitrogens with two attached hydrogens (primary N) is 1. The lowest BCUT2D eigenvalue weighted by molar-refractivity contribution is 0.133. The summed E-state index contributed by atoms with van der Waals surface area (Å²) in [5, 5.41) is 9.59. The van der Waals surface area contributed by atoms with Gasteiger partial charge in [-0.15, -0.1) is 0 Å². The van der Waals surface area contributed by atoms with Crippen molar-refractivity contribution in [3.8, 4) is 0 Å². The molecule has 1 heterocycles. The molecule has 0 aliphatic carbocycles. The van der Waals surface area contributed by atoms with Crippen molar-refractivity contribution in [1.29, 1.82) is 0 Å². The number of hydrogen-bond donors (Lipinski definition) is 2. The van der Waals surface area contributed by atoms with E-state index < -0.39 is 6.10 Å². The Bertz CT molecular complexity index is 247. The molecule has 0 spiro atoms. The van der Waals surface area contributed by atoms with Gasteiger partial charge in [-0.25, -0.2) is 0 Å². The first-order valence-electron chi connectivity index (χ1n) is 4.23. The maximum absolute atomic E-state index is 9.59. The van der Waals surface area contributed by atoms with Gasteiger partial charge in [0.1, 0.15) is 11.9 Å². The van der Waals surface area contributed by atoms with Crippen molar-refractivity contribution in [3.63, 3.8) is 0 Å². The van der Waals surface area contributed by atoms with Crippen LogP contribution in [-0.4, -0.2) is 18.8 Å². The van der Waals surface area contributed by atoms with E-state index in [2.05, 4.69) is 0 Å². The summed E-state index contributed by atoms with van der Waals surface area (Å²) in [6.45, 7) is 0.891. The second-order valence-electron chi connectivity index (χ2n) is 2.84. The molecule has 0 aliphatic heterocycles. The van der Waals surface area contributed by atoms with Crippen LogP contribution in [0.5, 0.6) is 0 Å². The van der Waals surface area contributed by atoms with Gasteiger partial charge in [0.25, 0.3) is 0 Å². The van der Waals surface area contributed by atoms with Crippen LogP contribution in [0.15, 0.2) is 16.7 Å². The van der Waals surface area contributed by atoms with E-state index in [4.69, 9.17) is 14.9 Å². The number of rotatable bonds is 5. The van der Waals surface area contributed by atoms with Crippen molar-refractivity contribution in [2.75, 3.05) is 13.7 Å². The van der Waals surface area contributed by atoms with Crippen LogP contribution >= 0.6 is 0 Å². The molecule has 0 fully saturated rings. The fourth-order valence-corrected chi connectivity index (χ4v) is 1.20. The first kappa shape index (κ1) is 10.2. The fraction of sp³-hybridized carbons (Fsp3) is 0.556. The van der Waals surface area contributed by atoms with Crippen LogP contribution in [0.1, 0.15) is 23.8 Å². The Morgan fingerprint density at radius 2 is 2.46 bits per heavy atom. The Balaban J connectivity index is 2.68. The average Bonchev–Trinajstić information content (AvgIpc) is 2.54. The number of ether oxygens (including phenoxy) is 1. The topological polar surface area (TPSA) is 68.6 Å². The summed E-state index contributed by atoms with van der Waals surface area (Å²) in [7, 11) is 1.60. The SMILES string of the molecule is COCc1ccoc1C(O)CCN. The lowest BCUT2D eigenvalue weighted by Gasteiger charge is -2.08. The molecule has 1 atom stereocenters. The second kappa shape index (κ2) is 5.01. The molecule has 0 aliphatic rings. The Morgan fingerprint density at radius 3 is 3.08 bits per heavy atom. The number of aliphatic hydroxyl groups is 1. The summed E-state index contributed by atoms with van der Waals surface area (Å²) >= 11 is 0. The predicted molar refractivity (Wildman–Crippen MR) is 48.1 cm³/mol. The highest BCUT2D eigenvalue weighted by atomic mass is 16.5. The van der Waals surface area contributed by atoms with Gasteiger partial charge in [0.2, 0.25) is 0 Å². The number of methoxy groups -OCH3 is 1. The van der Waals surface area contributed by atoms with E-state index in [1.807, 2.05) is 0 Å². The largest absolute Gasteiger partial charge is 0.466 e. The van der Waals surface area contributed by atoms with Crippen LogP contribution in [-0.2, 0) is 11.3 Å². The molecule has 1 aromatic rings. The zero-order valence-corrected chi connectivity index (χ0v) is 7.69. The average molecular weight is 185 g/mol. The van der Waals surface area contributed by atoms with Crippen LogP contribution in [0, 0.1) is 0 Å². The van der Waals surface area contributed by atoms with Crippen LogP contribution in [0.2, 0.25) is 0 Å². The third-order valence-electron chi connectivity index (χ3n) is 1.82. The number of aliphatic hydroxyl groups excluding tert-OH is 1. The van der Waals surface area contributed by atoms with Gasteiger partial charge in [0, 0.05) is 12.7 Å². The van der Waals surface area contributed by atoms with Gasteiger partial charge in [0.15, 0.2) is 0 Å². The van der Waals surface area contributed by atoms with Gasteiger partial charge in [-0.3, -0.25) is 0 Å². The normalized spacial score (nSPS) is 13.2. The molecule has 0 saturated heterocycles. The molecule has 0 aromatic carbocycles. The van der Waals surface area contributed by atoms with Gasteiger partial charge < -0.3 is 20.0 Å². The van der Waals surface area contributed by atoms with Crippen LogP contribution < -0.4 is 5.73 Å². The molecular weight excluding hydrogens is 170 g/mol. The van der Waals surface area contributed by atoms with E-state index in [0.717, 1.165) is 5.56 Å². The number of furan rings is 1. The monoisotopic (exact) mass is 185 g/mol. The molecular formula is C9H15NO3. The van der Waals surface area contributed by atoms with E-state index in [-0.39, 0.29) is 0 Å². The van der Waals surface area contributed by atoms with Crippen molar-refractivity contribution in [3.05, 3.63) is 23.7 Å². The standard InChI is InChI=1S/C9H15NO3/c1-12-6-7-3-5-13-9(7)8(11)2-4-10/h3,5,8,11H,2,4,6,10H2,1H3. The molecule has 74 valence electrons. The highest BCUT2D eigenvalue weighted by Crippen LogP contribution is 2.22. The van der Waals surface area contributed by atoms with E-state index >= 15 is 0 Å². The van der Waals surface area contributed by atoms with Crippen molar-refractivity contribution in [2.24, 2.45) is 5.73 Å². The van der Waals surface area contributed by atoms with E-state index in [1.165, 1.54) is 0 Å². The minimum absolute atomic E-state index is 0.439. The third kappa shape index (κ3) is 2.55. The lowest BCUT2D eigenvalue weighted by atomic mass is 10.1. The Labute approximate surface area is 77.3 Å². The molecule has 0 amide bonds. The van der Waals surface area contributed by atoms with E-state index in [1.54, 1.807) is 19.4 Å². The van der Waals surface area contributed by atoms with Crippen LogP contribution in [0.25, 0.3) is 0 Å². The minimum Gasteiger partial charge on any atom is -0.466 e. The maximum Gasteiger partial charge on any atom is 0.137 e. The highest BCUT2D eigenvalue weighted by molar-refractivity contribution is 5.18. The summed E-state index contributed by atoms with van der Waals surface area (Å²) in [4.78, 5) is 0. The summed E-state index contributed by atoms with van der Waals surface area (Å²) in [5.74, 6) is 0.562. The quantitative estimate of drug-likeness (QED) is 0.712. The first-order chi connectivity index (χ1) is 6.29. The molecule has 0 bridgehead atoms. The van der Waals surface area contributed by atoms with Crippen molar-refractivity contribution < 1.29 is 14.3 Å². The Hall–Kier alpha value is -0.840. The smallest absolute Gasteiger partial charge is 0.137 e. The van der Waals surface area contributed by atoms with Crippen molar-refractivity contribution in [1.82, 2.24) is 0 Å². The van der Waals surface area contributed by atoms with Gasteiger partial charge in [-0.1, -0.05) is 0 Å². The summed E-state index contributed by atoms with van der Waals surface area (Å²) < 4.78 is 10.1. The summed E-state index contributed by atoms with van der Waals surface area (Å²) in [6.07, 6.45) is 1.43. The molecule has 1 unspecified atom stereocenters. The second-order valence-corrected chi connectivity index (χ2v) is 2.84. The van der Waals surface area contributed by atoms with Crippen molar-refractivity contribution >= 4 is 0 Å². The molecule has 1 rings (SSSR count). The van der Waals surface area contributed by atoms with Crippen molar-refractivity contribution in [2.45, 2.75) is 19.1 Å². The lowest BCUT2D eigenvalue weighted by Crippen LogP contribution is -2.07. The molecule has 0 radical (unpaired) electrons. The molecule has 3 N–H and O–H groups in total. The minimum atomic E-state index is -0.620. The Kier molecular flexibility index (Phi) is 3.95. The molecule has 4 nitrogen and oxygen atoms in total. The number of hydrogen-bond acceptors (Lipinski definition) is 4. The van der Waals surface area contributed by atoms with E-state index in [9.17, 15) is 5.11 Å². The Morgan fingerprint density at radius 1 is 1.69 bits per heavy atom.